The highest BCUT2D eigenvalue weighted by atomic mass is 16.5. The highest BCUT2D eigenvalue weighted by Gasteiger charge is 2.54. The number of carbonyl (C=O) groups is 3. The van der Waals surface area contributed by atoms with Crippen molar-refractivity contribution in [1.82, 2.24) is 4.90 Å². The standard InChI is InChI=1S/C15H23NO5/c1-4-20-14(18)11-9(3)16-8-6-7-10(16)12(13(11)17)15(19)21-5-2/h9-12H,4-8H2,1-3H3. The maximum atomic E-state index is 12.7. The third kappa shape index (κ3) is 2.81. The second kappa shape index (κ2) is 6.56. The average Bonchev–Trinajstić information content (AvgIpc) is 2.88. The van der Waals surface area contributed by atoms with Crippen molar-refractivity contribution in [1.29, 1.82) is 0 Å². The number of nitrogens with zero attached hydrogens (tertiary/aromatic N) is 1. The fourth-order valence-corrected chi connectivity index (χ4v) is 3.54. The maximum Gasteiger partial charge on any atom is 0.318 e. The van der Waals surface area contributed by atoms with Gasteiger partial charge in [-0.05, 0) is 40.2 Å². The topological polar surface area (TPSA) is 72.9 Å². The lowest BCUT2D eigenvalue weighted by Crippen LogP contribution is -2.60. The van der Waals surface area contributed by atoms with E-state index >= 15 is 0 Å². The zero-order valence-electron chi connectivity index (χ0n) is 12.8. The van der Waals surface area contributed by atoms with Crippen molar-refractivity contribution in [3.63, 3.8) is 0 Å². The molecule has 2 aliphatic rings. The SMILES string of the molecule is CCOC(=O)C1C(=O)C(C(=O)OCC)C2CCCN2C1C. The molecule has 118 valence electrons. The van der Waals surface area contributed by atoms with E-state index in [2.05, 4.69) is 4.90 Å². The molecule has 0 amide bonds. The number of esters is 2. The van der Waals surface area contributed by atoms with E-state index in [1.54, 1.807) is 13.8 Å². The highest BCUT2D eigenvalue weighted by molar-refractivity contribution is 6.10. The Bertz CT molecular complexity index is 436. The van der Waals surface area contributed by atoms with Gasteiger partial charge in [-0.15, -0.1) is 0 Å². The first kappa shape index (κ1) is 15.9. The molecule has 6 nitrogen and oxygen atoms in total. The molecule has 6 heteroatoms. The number of fused-ring (bicyclic) bond motifs is 1. The second-order valence-electron chi connectivity index (χ2n) is 5.55. The number of hydrogen-bond acceptors (Lipinski definition) is 6. The van der Waals surface area contributed by atoms with Gasteiger partial charge in [0.15, 0.2) is 5.78 Å². The van der Waals surface area contributed by atoms with E-state index in [1.165, 1.54) is 0 Å². The molecule has 0 bridgehead atoms. The Hall–Kier alpha value is -1.43. The molecule has 2 saturated heterocycles. The van der Waals surface area contributed by atoms with Gasteiger partial charge in [-0.25, -0.2) is 0 Å². The molecule has 0 aromatic carbocycles. The normalized spacial score (nSPS) is 32.6. The molecule has 0 radical (unpaired) electrons. The second-order valence-corrected chi connectivity index (χ2v) is 5.55. The summed E-state index contributed by atoms with van der Waals surface area (Å²) < 4.78 is 10.1. The Morgan fingerprint density at radius 3 is 2.29 bits per heavy atom. The molecule has 0 aliphatic carbocycles. The zero-order valence-corrected chi connectivity index (χ0v) is 12.8. The van der Waals surface area contributed by atoms with Gasteiger partial charge in [0, 0.05) is 12.1 Å². The Morgan fingerprint density at radius 1 is 1.14 bits per heavy atom. The van der Waals surface area contributed by atoms with Gasteiger partial charge in [-0.3, -0.25) is 19.3 Å². The summed E-state index contributed by atoms with van der Waals surface area (Å²) in [5.74, 6) is -3.15. The number of ether oxygens (including phenoxy) is 2. The van der Waals surface area contributed by atoms with Gasteiger partial charge >= 0.3 is 11.9 Å². The molecule has 0 aromatic rings. The van der Waals surface area contributed by atoms with E-state index in [-0.39, 0.29) is 31.1 Å². The lowest BCUT2D eigenvalue weighted by molar-refractivity contribution is -0.167. The lowest BCUT2D eigenvalue weighted by Gasteiger charge is -2.42. The Morgan fingerprint density at radius 2 is 1.71 bits per heavy atom. The lowest BCUT2D eigenvalue weighted by atomic mass is 9.78. The van der Waals surface area contributed by atoms with Gasteiger partial charge in [0.2, 0.25) is 0 Å². The fourth-order valence-electron chi connectivity index (χ4n) is 3.54. The average molecular weight is 297 g/mol. The first-order valence-corrected chi connectivity index (χ1v) is 7.65. The largest absolute Gasteiger partial charge is 0.465 e. The van der Waals surface area contributed by atoms with Crippen LogP contribution in [-0.2, 0) is 23.9 Å². The van der Waals surface area contributed by atoms with Gasteiger partial charge in [-0.1, -0.05) is 0 Å². The van der Waals surface area contributed by atoms with Crippen LogP contribution in [0.3, 0.4) is 0 Å². The number of carbonyl (C=O) groups excluding carboxylic acids is 3. The molecular weight excluding hydrogens is 274 g/mol. The molecule has 0 N–H and O–H groups in total. The smallest absolute Gasteiger partial charge is 0.318 e. The molecular formula is C15H23NO5. The molecule has 4 atom stereocenters. The van der Waals surface area contributed by atoms with Crippen LogP contribution in [0.5, 0.6) is 0 Å². The van der Waals surface area contributed by atoms with Crippen LogP contribution < -0.4 is 0 Å². The van der Waals surface area contributed by atoms with Crippen LogP contribution in [-0.4, -0.2) is 54.5 Å². The van der Waals surface area contributed by atoms with E-state index in [1.807, 2.05) is 6.92 Å². The first-order valence-electron chi connectivity index (χ1n) is 7.65. The van der Waals surface area contributed by atoms with Gasteiger partial charge < -0.3 is 9.47 Å². The predicted molar refractivity (Wildman–Crippen MR) is 74.4 cm³/mol. The van der Waals surface area contributed by atoms with Crippen LogP contribution in [0.25, 0.3) is 0 Å². The third-order valence-electron chi connectivity index (χ3n) is 4.43. The van der Waals surface area contributed by atoms with E-state index in [0.717, 1.165) is 19.4 Å². The molecule has 2 aliphatic heterocycles. The summed E-state index contributed by atoms with van der Waals surface area (Å²) in [5.41, 5.74) is 0. The van der Waals surface area contributed by atoms with Crippen LogP contribution in [0.1, 0.15) is 33.6 Å². The van der Waals surface area contributed by atoms with Crippen molar-refractivity contribution >= 4 is 17.7 Å². The number of piperidine rings is 1. The summed E-state index contributed by atoms with van der Waals surface area (Å²) >= 11 is 0. The summed E-state index contributed by atoms with van der Waals surface area (Å²) in [6.45, 7) is 6.53. The van der Waals surface area contributed by atoms with Crippen molar-refractivity contribution in [3.05, 3.63) is 0 Å². The minimum Gasteiger partial charge on any atom is -0.465 e. The molecule has 2 fully saturated rings. The van der Waals surface area contributed by atoms with Gasteiger partial charge in [0.1, 0.15) is 11.8 Å². The molecule has 2 rings (SSSR count). The Balaban J connectivity index is 2.29. The quantitative estimate of drug-likeness (QED) is 0.564. The molecule has 4 unspecified atom stereocenters. The first-order chi connectivity index (χ1) is 10.0. The monoisotopic (exact) mass is 297 g/mol. The molecule has 21 heavy (non-hydrogen) atoms. The minimum atomic E-state index is -0.895. The maximum absolute atomic E-state index is 12.7. The van der Waals surface area contributed by atoms with Gasteiger partial charge in [-0.2, -0.15) is 0 Å². The number of hydrogen-bond donors (Lipinski definition) is 0. The van der Waals surface area contributed by atoms with E-state index in [4.69, 9.17) is 9.47 Å². The zero-order chi connectivity index (χ0) is 15.6. The predicted octanol–water partition coefficient (Wildman–Crippen LogP) is 0.781. The summed E-state index contributed by atoms with van der Waals surface area (Å²) in [7, 11) is 0. The number of rotatable bonds is 4. The third-order valence-corrected chi connectivity index (χ3v) is 4.43. The highest BCUT2D eigenvalue weighted by Crippen LogP contribution is 2.37. The van der Waals surface area contributed by atoms with Crippen LogP contribution in [0.15, 0.2) is 0 Å². The molecule has 2 heterocycles. The van der Waals surface area contributed by atoms with E-state index < -0.39 is 23.8 Å². The van der Waals surface area contributed by atoms with E-state index in [0.29, 0.717) is 0 Å². The fraction of sp³-hybridized carbons (Fsp3) is 0.800. The van der Waals surface area contributed by atoms with Crippen molar-refractivity contribution in [2.45, 2.75) is 45.7 Å². The molecule has 0 spiro atoms. The number of ketones is 1. The minimum absolute atomic E-state index is 0.141. The van der Waals surface area contributed by atoms with E-state index in [9.17, 15) is 14.4 Å². The van der Waals surface area contributed by atoms with Crippen LogP contribution in [0.2, 0.25) is 0 Å². The van der Waals surface area contributed by atoms with Crippen molar-refractivity contribution in [2.75, 3.05) is 19.8 Å². The summed E-state index contributed by atoms with van der Waals surface area (Å²) in [5, 5.41) is 0. The van der Waals surface area contributed by atoms with Crippen LogP contribution in [0.4, 0.5) is 0 Å². The van der Waals surface area contributed by atoms with Crippen molar-refractivity contribution < 1.29 is 23.9 Å². The molecule has 0 saturated carbocycles. The number of Topliss-reactive ketones (excluding diaryl/α,β-unsaturated/α-hetero) is 1. The summed E-state index contributed by atoms with van der Waals surface area (Å²) in [6, 6.07) is -0.369. The van der Waals surface area contributed by atoms with Crippen LogP contribution >= 0.6 is 0 Å². The molecule has 0 aromatic heterocycles. The Labute approximate surface area is 124 Å². The van der Waals surface area contributed by atoms with Gasteiger partial charge in [0.25, 0.3) is 0 Å². The van der Waals surface area contributed by atoms with Crippen molar-refractivity contribution in [2.24, 2.45) is 11.8 Å². The van der Waals surface area contributed by atoms with Gasteiger partial charge in [0.05, 0.1) is 13.2 Å². The summed E-state index contributed by atoms with van der Waals surface area (Å²) in [4.78, 5) is 39.0. The Kier molecular flexibility index (Phi) is 4.98. The summed E-state index contributed by atoms with van der Waals surface area (Å²) in [6.07, 6.45) is 1.71. The van der Waals surface area contributed by atoms with Crippen molar-refractivity contribution in [3.8, 4) is 0 Å². The van der Waals surface area contributed by atoms with Crippen LogP contribution in [0, 0.1) is 11.8 Å².